The van der Waals surface area contributed by atoms with Crippen LogP contribution in [0.15, 0.2) is 24.3 Å². The minimum atomic E-state index is -0.957. The standard InChI is InChI=1S/C18H21NO2/c1-13-4-3-5-15(10-13)8-9-18(21)11-16-6-7-17(12-18)19(16)14(2)20/h3-5,10,16-17,21H,6-7,11-12H2,1-2H3. The minimum Gasteiger partial charge on any atom is -0.377 e. The van der Waals surface area contributed by atoms with Crippen LogP contribution in [0.4, 0.5) is 0 Å². The molecule has 2 bridgehead atoms. The first-order valence-electron chi connectivity index (χ1n) is 7.58. The van der Waals surface area contributed by atoms with Crippen LogP contribution in [0, 0.1) is 18.8 Å². The fourth-order valence-corrected chi connectivity index (χ4v) is 3.75. The Morgan fingerprint density at radius 2 is 2.00 bits per heavy atom. The van der Waals surface area contributed by atoms with Crippen molar-refractivity contribution in [3.05, 3.63) is 35.4 Å². The highest BCUT2D eigenvalue weighted by atomic mass is 16.3. The highest BCUT2D eigenvalue weighted by molar-refractivity contribution is 5.74. The lowest BCUT2D eigenvalue weighted by atomic mass is 9.86. The van der Waals surface area contributed by atoms with Crippen molar-refractivity contribution in [1.82, 2.24) is 4.90 Å². The molecule has 0 aromatic heterocycles. The molecular formula is C18H21NO2. The van der Waals surface area contributed by atoms with Gasteiger partial charge < -0.3 is 10.0 Å². The summed E-state index contributed by atoms with van der Waals surface area (Å²) in [6.45, 7) is 3.65. The summed E-state index contributed by atoms with van der Waals surface area (Å²) in [7, 11) is 0. The highest BCUT2D eigenvalue weighted by Gasteiger charge is 2.47. The average molecular weight is 283 g/mol. The van der Waals surface area contributed by atoms with Gasteiger partial charge in [-0.3, -0.25) is 4.79 Å². The smallest absolute Gasteiger partial charge is 0.219 e. The molecule has 2 atom stereocenters. The van der Waals surface area contributed by atoms with E-state index >= 15 is 0 Å². The summed E-state index contributed by atoms with van der Waals surface area (Å²) >= 11 is 0. The van der Waals surface area contributed by atoms with E-state index in [2.05, 4.69) is 11.8 Å². The fourth-order valence-electron chi connectivity index (χ4n) is 3.75. The number of piperidine rings is 1. The molecule has 3 rings (SSSR count). The Labute approximate surface area is 126 Å². The number of rotatable bonds is 0. The first-order valence-corrected chi connectivity index (χ1v) is 7.58. The van der Waals surface area contributed by atoms with Crippen LogP contribution in [0.2, 0.25) is 0 Å². The van der Waals surface area contributed by atoms with Gasteiger partial charge in [0.15, 0.2) is 0 Å². The second-order valence-corrected chi connectivity index (χ2v) is 6.37. The highest BCUT2D eigenvalue weighted by Crippen LogP contribution is 2.40. The Kier molecular flexibility index (Phi) is 3.51. The van der Waals surface area contributed by atoms with Gasteiger partial charge in [-0.2, -0.15) is 0 Å². The summed E-state index contributed by atoms with van der Waals surface area (Å²) in [6.07, 6.45) is 3.11. The quantitative estimate of drug-likeness (QED) is 0.742. The van der Waals surface area contributed by atoms with Gasteiger partial charge in [-0.1, -0.05) is 24.0 Å². The Balaban J connectivity index is 1.80. The van der Waals surface area contributed by atoms with Gasteiger partial charge in [0, 0.05) is 37.4 Å². The van der Waals surface area contributed by atoms with Gasteiger partial charge in [0.05, 0.1) is 0 Å². The van der Waals surface area contributed by atoms with Crippen molar-refractivity contribution in [3.8, 4) is 11.8 Å². The molecule has 1 aromatic rings. The lowest BCUT2D eigenvalue weighted by molar-refractivity contribution is -0.136. The van der Waals surface area contributed by atoms with Crippen molar-refractivity contribution >= 4 is 5.91 Å². The lowest BCUT2D eigenvalue weighted by Crippen LogP contribution is -2.52. The van der Waals surface area contributed by atoms with Crippen LogP contribution in [-0.4, -0.2) is 33.6 Å². The zero-order valence-electron chi connectivity index (χ0n) is 12.6. The van der Waals surface area contributed by atoms with Crippen LogP contribution < -0.4 is 0 Å². The number of benzene rings is 1. The molecule has 2 unspecified atom stereocenters. The van der Waals surface area contributed by atoms with Crippen molar-refractivity contribution in [2.45, 2.75) is 57.2 Å². The summed E-state index contributed by atoms with van der Waals surface area (Å²) in [4.78, 5) is 13.6. The zero-order valence-corrected chi connectivity index (χ0v) is 12.6. The van der Waals surface area contributed by atoms with Crippen molar-refractivity contribution < 1.29 is 9.90 Å². The molecule has 1 amide bonds. The molecule has 21 heavy (non-hydrogen) atoms. The largest absolute Gasteiger partial charge is 0.377 e. The molecule has 2 aliphatic rings. The van der Waals surface area contributed by atoms with Crippen LogP contribution in [-0.2, 0) is 4.79 Å². The molecule has 2 saturated heterocycles. The summed E-state index contributed by atoms with van der Waals surface area (Å²) in [5, 5.41) is 10.8. The summed E-state index contributed by atoms with van der Waals surface area (Å²) in [6, 6.07) is 8.30. The molecule has 2 heterocycles. The van der Waals surface area contributed by atoms with E-state index in [1.165, 1.54) is 5.56 Å². The minimum absolute atomic E-state index is 0.121. The third-order valence-electron chi connectivity index (χ3n) is 4.59. The first-order chi connectivity index (χ1) is 9.97. The predicted molar refractivity (Wildman–Crippen MR) is 81.6 cm³/mol. The molecule has 2 fully saturated rings. The Hall–Kier alpha value is -1.79. The molecule has 1 aromatic carbocycles. The van der Waals surface area contributed by atoms with Crippen LogP contribution in [0.5, 0.6) is 0 Å². The molecule has 0 spiro atoms. The molecule has 3 heteroatoms. The number of amides is 1. The molecule has 110 valence electrons. The van der Waals surface area contributed by atoms with E-state index in [1.807, 2.05) is 36.1 Å². The lowest BCUT2D eigenvalue weighted by Gasteiger charge is -2.41. The van der Waals surface area contributed by atoms with Gasteiger partial charge in [-0.15, -0.1) is 0 Å². The SMILES string of the molecule is CC(=O)N1C2CCC1CC(O)(C#Cc1cccc(C)c1)C2. The second-order valence-electron chi connectivity index (χ2n) is 6.37. The Morgan fingerprint density at radius 3 is 2.57 bits per heavy atom. The maximum absolute atomic E-state index is 11.7. The average Bonchev–Trinajstić information content (AvgIpc) is 2.71. The molecule has 1 N–H and O–H groups in total. The molecule has 3 nitrogen and oxygen atoms in total. The number of hydrogen-bond donors (Lipinski definition) is 1. The third-order valence-corrected chi connectivity index (χ3v) is 4.59. The fraction of sp³-hybridized carbons (Fsp3) is 0.500. The number of fused-ring (bicyclic) bond motifs is 2. The van der Waals surface area contributed by atoms with Gasteiger partial charge in [-0.05, 0) is 37.5 Å². The predicted octanol–water partition coefficient (Wildman–Crippen LogP) is 2.25. The summed E-state index contributed by atoms with van der Waals surface area (Å²) in [5.41, 5.74) is 1.15. The van der Waals surface area contributed by atoms with Gasteiger partial charge in [0.2, 0.25) is 5.91 Å². The van der Waals surface area contributed by atoms with Gasteiger partial charge in [0.1, 0.15) is 5.60 Å². The van der Waals surface area contributed by atoms with Gasteiger partial charge >= 0.3 is 0 Å². The van der Waals surface area contributed by atoms with Crippen molar-refractivity contribution in [2.24, 2.45) is 0 Å². The van der Waals surface area contributed by atoms with Crippen LogP contribution in [0.3, 0.4) is 0 Å². The van der Waals surface area contributed by atoms with E-state index in [-0.39, 0.29) is 18.0 Å². The molecule has 0 radical (unpaired) electrons. The van der Waals surface area contributed by atoms with E-state index in [9.17, 15) is 9.90 Å². The maximum atomic E-state index is 11.7. The van der Waals surface area contributed by atoms with E-state index in [1.54, 1.807) is 6.92 Å². The van der Waals surface area contributed by atoms with E-state index < -0.39 is 5.60 Å². The van der Waals surface area contributed by atoms with Crippen LogP contribution in [0.25, 0.3) is 0 Å². The number of aryl methyl sites for hydroxylation is 1. The van der Waals surface area contributed by atoms with E-state index in [0.717, 1.165) is 18.4 Å². The maximum Gasteiger partial charge on any atom is 0.219 e. The number of hydrogen-bond acceptors (Lipinski definition) is 2. The summed E-state index contributed by atoms with van der Waals surface area (Å²) < 4.78 is 0. The van der Waals surface area contributed by atoms with Crippen molar-refractivity contribution in [1.29, 1.82) is 0 Å². The topological polar surface area (TPSA) is 40.5 Å². The first kappa shape index (κ1) is 14.2. The Morgan fingerprint density at radius 1 is 1.33 bits per heavy atom. The normalized spacial score (nSPS) is 30.7. The number of carbonyl (C=O) groups excluding carboxylic acids is 1. The zero-order chi connectivity index (χ0) is 15.0. The number of carbonyl (C=O) groups is 1. The van der Waals surface area contributed by atoms with Crippen molar-refractivity contribution in [2.75, 3.05) is 0 Å². The van der Waals surface area contributed by atoms with E-state index in [4.69, 9.17) is 0 Å². The molecular weight excluding hydrogens is 262 g/mol. The number of aliphatic hydroxyl groups is 1. The molecule has 0 saturated carbocycles. The Bertz CT molecular complexity index is 612. The van der Waals surface area contributed by atoms with Crippen molar-refractivity contribution in [3.63, 3.8) is 0 Å². The van der Waals surface area contributed by atoms with Gasteiger partial charge in [-0.25, -0.2) is 0 Å². The van der Waals surface area contributed by atoms with Crippen LogP contribution in [0.1, 0.15) is 43.7 Å². The van der Waals surface area contributed by atoms with Gasteiger partial charge in [0.25, 0.3) is 0 Å². The molecule has 2 aliphatic heterocycles. The third kappa shape index (κ3) is 2.82. The number of nitrogens with zero attached hydrogens (tertiary/aromatic N) is 1. The molecule has 0 aliphatic carbocycles. The summed E-state index contributed by atoms with van der Waals surface area (Å²) in [5.74, 6) is 6.30. The van der Waals surface area contributed by atoms with E-state index in [0.29, 0.717) is 12.8 Å². The monoisotopic (exact) mass is 283 g/mol. The second kappa shape index (κ2) is 5.20. The van der Waals surface area contributed by atoms with Crippen LogP contribution >= 0.6 is 0 Å².